The van der Waals surface area contributed by atoms with Crippen molar-refractivity contribution in [2.45, 2.75) is 56.6 Å². The average molecular weight is 312 g/mol. The molecule has 0 aromatic carbocycles. The summed E-state index contributed by atoms with van der Waals surface area (Å²) in [5, 5.41) is 6.31. The molecule has 0 bridgehead atoms. The van der Waals surface area contributed by atoms with Crippen molar-refractivity contribution in [2.24, 2.45) is 0 Å². The van der Waals surface area contributed by atoms with Gasteiger partial charge in [-0.2, -0.15) is 11.8 Å². The molecule has 3 unspecified atom stereocenters. The molecule has 1 saturated heterocycles. The maximum Gasteiger partial charge on any atom is 0.185 e. The molecule has 20 heavy (non-hydrogen) atoms. The number of aromatic nitrogens is 1. The van der Waals surface area contributed by atoms with E-state index in [1.54, 1.807) is 0 Å². The molecule has 1 aliphatic carbocycles. The fraction of sp³-hybridized carbons (Fsp3) is 0.800. The molecule has 3 nitrogen and oxygen atoms in total. The van der Waals surface area contributed by atoms with Gasteiger partial charge >= 0.3 is 0 Å². The molecular weight excluding hydrogens is 286 g/mol. The Morgan fingerprint density at radius 1 is 1.30 bits per heavy atom. The van der Waals surface area contributed by atoms with Gasteiger partial charge in [-0.25, -0.2) is 4.98 Å². The molecule has 5 heteroatoms. The molecule has 3 atom stereocenters. The van der Waals surface area contributed by atoms with E-state index in [1.807, 2.05) is 11.3 Å². The number of hydrogen-bond donors (Lipinski definition) is 1. The highest BCUT2D eigenvalue weighted by Crippen LogP contribution is 2.39. The highest BCUT2D eigenvalue weighted by atomic mass is 32.2. The second-order valence-electron chi connectivity index (χ2n) is 5.97. The normalized spacial score (nSPS) is 30.4. The third-order valence-corrected chi connectivity index (χ3v) is 6.58. The Kier molecular flexibility index (Phi) is 4.58. The third-order valence-electron chi connectivity index (χ3n) is 4.08. The summed E-state index contributed by atoms with van der Waals surface area (Å²) in [5.74, 6) is 0. The molecule has 3 rings (SSSR count). The number of rotatable bonds is 3. The SMILES string of the molecule is CCNC1CCCc2nc(N3CC(C)SC(C)C3)sc21. The molecule has 2 aliphatic rings. The first-order valence-corrected chi connectivity index (χ1v) is 9.56. The summed E-state index contributed by atoms with van der Waals surface area (Å²) >= 11 is 4.04. The summed E-state index contributed by atoms with van der Waals surface area (Å²) in [6, 6.07) is 0.545. The topological polar surface area (TPSA) is 28.2 Å². The lowest BCUT2D eigenvalue weighted by Crippen LogP contribution is -2.40. The predicted octanol–water partition coefficient (Wildman–Crippen LogP) is 3.46. The fourth-order valence-corrected chi connectivity index (χ4v) is 5.88. The van der Waals surface area contributed by atoms with Crippen LogP contribution in [-0.4, -0.2) is 35.1 Å². The van der Waals surface area contributed by atoms with Crippen molar-refractivity contribution in [2.75, 3.05) is 24.5 Å². The first-order valence-electron chi connectivity index (χ1n) is 7.80. The molecule has 112 valence electrons. The van der Waals surface area contributed by atoms with Gasteiger partial charge in [0.05, 0.1) is 5.69 Å². The predicted molar refractivity (Wildman–Crippen MR) is 90.2 cm³/mol. The van der Waals surface area contributed by atoms with Crippen LogP contribution < -0.4 is 10.2 Å². The van der Waals surface area contributed by atoms with E-state index in [2.05, 4.69) is 42.7 Å². The lowest BCUT2D eigenvalue weighted by atomic mass is 9.98. The van der Waals surface area contributed by atoms with Crippen LogP contribution in [0.3, 0.4) is 0 Å². The van der Waals surface area contributed by atoms with E-state index < -0.39 is 0 Å². The number of nitrogens with one attached hydrogen (secondary N) is 1. The van der Waals surface area contributed by atoms with Crippen LogP contribution >= 0.6 is 23.1 Å². The van der Waals surface area contributed by atoms with Gasteiger partial charge in [-0.1, -0.05) is 32.1 Å². The van der Waals surface area contributed by atoms with Gasteiger partial charge in [0.25, 0.3) is 0 Å². The van der Waals surface area contributed by atoms with Crippen molar-refractivity contribution in [3.63, 3.8) is 0 Å². The zero-order valence-corrected chi connectivity index (χ0v) is 14.3. The number of nitrogens with zero attached hydrogens (tertiary/aromatic N) is 2. The molecule has 0 spiro atoms. The van der Waals surface area contributed by atoms with Crippen LogP contribution in [-0.2, 0) is 6.42 Å². The Morgan fingerprint density at radius 2 is 2.05 bits per heavy atom. The van der Waals surface area contributed by atoms with E-state index >= 15 is 0 Å². The first kappa shape index (κ1) is 14.7. The minimum absolute atomic E-state index is 0.545. The second-order valence-corrected chi connectivity index (χ2v) is 8.86. The van der Waals surface area contributed by atoms with Gasteiger partial charge in [0, 0.05) is 34.5 Å². The Balaban J connectivity index is 1.81. The molecular formula is C15H25N3S2. The van der Waals surface area contributed by atoms with Crippen LogP contribution in [0.4, 0.5) is 5.13 Å². The van der Waals surface area contributed by atoms with E-state index in [1.165, 1.54) is 35.0 Å². The molecule has 1 aromatic heterocycles. The van der Waals surface area contributed by atoms with Gasteiger partial charge < -0.3 is 10.2 Å². The van der Waals surface area contributed by atoms with E-state index in [9.17, 15) is 0 Å². The highest BCUT2D eigenvalue weighted by molar-refractivity contribution is 8.00. The molecule has 2 heterocycles. The summed E-state index contributed by atoms with van der Waals surface area (Å²) in [6.07, 6.45) is 3.71. The molecule has 1 N–H and O–H groups in total. The van der Waals surface area contributed by atoms with E-state index in [0.29, 0.717) is 16.5 Å². The molecule has 1 fully saturated rings. The number of hydrogen-bond acceptors (Lipinski definition) is 5. The summed E-state index contributed by atoms with van der Waals surface area (Å²) in [5.41, 5.74) is 1.36. The minimum atomic E-state index is 0.545. The summed E-state index contributed by atoms with van der Waals surface area (Å²) in [4.78, 5) is 8.99. The zero-order valence-electron chi connectivity index (χ0n) is 12.7. The van der Waals surface area contributed by atoms with Crippen LogP contribution in [0, 0.1) is 0 Å². The van der Waals surface area contributed by atoms with Crippen molar-refractivity contribution in [1.29, 1.82) is 0 Å². The lowest BCUT2D eigenvalue weighted by Gasteiger charge is -2.34. The smallest absolute Gasteiger partial charge is 0.185 e. The summed E-state index contributed by atoms with van der Waals surface area (Å²) < 4.78 is 0. The lowest BCUT2D eigenvalue weighted by molar-refractivity contribution is 0.476. The Morgan fingerprint density at radius 3 is 2.75 bits per heavy atom. The van der Waals surface area contributed by atoms with Crippen LogP contribution in [0.15, 0.2) is 0 Å². The van der Waals surface area contributed by atoms with E-state index in [-0.39, 0.29) is 0 Å². The summed E-state index contributed by atoms with van der Waals surface area (Å²) in [7, 11) is 0. The van der Waals surface area contributed by atoms with Crippen molar-refractivity contribution in [1.82, 2.24) is 10.3 Å². The fourth-order valence-electron chi connectivity index (χ4n) is 3.32. The van der Waals surface area contributed by atoms with Gasteiger partial charge in [-0.3, -0.25) is 0 Å². The standard InChI is InChI=1S/C15H25N3S2/c1-4-16-12-6-5-7-13-14(12)20-15(17-13)18-8-10(2)19-11(3)9-18/h10-12,16H,4-9H2,1-3H3. The monoisotopic (exact) mass is 311 g/mol. The largest absolute Gasteiger partial charge is 0.346 e. The third kappa shape index (κ3) is 3.00. The molecule has 0 radical (unpaired) electrons. The maximum atomic E-state index is 4.97. The molecule has 0 amide bonds. The average Bonchev–Trinajstić information content (AvgIpc) is 2.83. The van der Waals surface area contributed by atoms with Gasteiger partial charge in [0.1, 0.15) is 0 Å². The first-order chi connectivity index (χ1) is 9.67. The van der Waals surface area contributed by atoms with Gasteiger partial charge in [0.2, 0.25) is 0 Å². The van der Waals surface area contributed by atoms with Crippen LogP contribution in [0.2, 0.25) is 0 Å². The van der Waals surface area contributed by atoms with Gasteiger partial charge in [-0.05, 0) is 25.8 Å². The van der Waals surface area contributed by atoms with Gasteiger partial charge in [-0.15, -0.1) is 0 Å². The number of anilines is 1. The highest BCUT2D eigenvalue weighted by Gasteiger charge is 2.28. The Hall–Kier alpha value is -0.260. The van der Waals surface area contributed by atoms with E-state index in [4.69, 9.17) is 4.98 Å². The number of thioether (sulfide) groups is 1. The van der Waals surface area contributed by atoms with Crippen molar-refractivity contribution >= 4 is 28.2 Å². The molecule has 1 aliphatic heterocycles. The Labute approximate surface area is 130 Å². The summed E-state index contributed by atoms with van der Waals surface area (Å²) in [6.45, 7) is 10.2. The number of fused-ring (bicyclic) bond motifs is 1. The maximum absolute atomic E-state index is 4.97. The number of aryl methyl sites for hydroxylation is 1. The number of thiazole rings is 1. The van der Waals surface area contributed by atoms with Crippen LogP contribution in [0.25, 0.3) is 0 Å². The van der Waals surface area contributed by atoms with Crippen LogP contribution in [0.1, 0.15) is 50.2 Å². The van der Waals surface area contributed by atoms with E-state index in [0.717, 1.165) is 19.6 Å². The molecule has 0 saturated carbocycles. The van der Waals surface area contributed by atoms with Crippen molar-refractivity contribution < 1.29 is 0 Å². The zero-order chi connectivity index (χ0) is 14.1. The second kappa shape index (κ2) is 6.24. The van der Waals surface area contributed by atoms with Gasteiger partial charge in [0.15, 0.2) is 5.13 Å². The Bertz CT molecular complexity index is 450. The minimum Gasteiger partial charge on any atom is -0.346 e. The van der Waals surface area contributed by atoms with Crippen molar-refractivity contribution in [3.05, 3.63) is 10.6 Å². The van der Waals surface area contributed by atoms with Crippen LogP contribution in [0.5, 0.6) is 0 Å². The quantitative estimate of drug-likeness (QED) is 0.925. The van der Waals surface area contributed by atoms with Crippen molar-refractivity contribution in [3.8, 4) is 0 Å². The molecule has 1 aromatic rings.